The van der Waals surface area contributed by atoms with Gasteiger partial charge >= 0.3 is 6.03 Å². The lowest BCUT2D eigenvalue weighted by molar-refractivity contribution is -0.203. The fraction of sp³-hybridized carbons (Fsp3) is 0.963. The van der Waals surface area contributed by atoms with Crippen molar-refractivity contribution in [1.29, 1.82) is 0 Å². The topological polar surface area (TPSA) is 86.8 Å². The number of nitrogens with two attached hydrogens (primary N) is 1. The van der Waals surface area contributed by atoms with Crippen LogP contribution in [0.2, 0.25) is 0 Å². The monoisotopic (exact) mass is 448 g/mol. The van der Waals surface area contributed by atoms with Crippen molar-refractivity contribution in [3.63, 3.8) is 0 Å². The molecule has 4 saturated carbocycles. The van der Waals surface area contributed by atoms with Gasteiger partial charge in [0, 0.05) is 13.6 Å². The molecule has 2 amide bonds. The van der Waals surface area contributed by atoms with Crippen molar-refractivity contribution in [2.45, 2.75) is 97.7 Å². The summed E-state index contributed by atoms with van der Waals surface area (Å²) >= 11 is 0. The van der Waals surface area contributed by atoms with Crippen molar-refractivity contribution in [1.82, 2.24) is 4.90 Å². The number of amides is 2. The molecule has 4 aliphatic carbocycles. The predicted octanol–water partition coefficient (Wildman–Crippen LogP) is 4.65. The van der Waals surface area contributed by atoms with E-state index in [2.05, 4.69) is 27.7 Å². The summed E-state index contributed by atoms with van der Waals surface area (Å²) in [5.74, 6) is 3.57. The molecule has 0 spiro atoms. The molecular formula is C27H48N2O3. The van der Waals surface area contributed by atoms with Gasteiger partial charge in [-0.05, 0) is 104 Å². The average molecular weight is 449 g/mol. The molecule has 0 aromatic carbocycles. The van der Waals surface area contributed by atoms with Crippen molar-refractivity contribution in [3.8, 4) is 0 Å². The number of carbonyl (C=O) groups is 1. The molecule has 0 aromatic heterocycles. The predicted molar refractivity (Wildman–Crippen MR) is 128 cm³/mol. The maximum atomic E-state index is 11.8. The molecule has 0 radical (unpaired) electrons. The summed E-state index contributed by atoms with van der Waals surface area (Å²) in [6.45, 7) is 10.4. The fourth-order valence-corrected chi connectivity index (χ4v) is 9.64. The minimum Gasteiger partial charge on any atom is -0.393 e. The SMILES string of the molecule is CC[C@@H]1C2C[C@H](O)CCC2(C)[C@H]2CCC3(C)[C@@H]([C@H](C)CCN(C)C(N)=O)CC[C@H]3C2[C@@H]1O. The Labute approximate surface area is 195 Å². The molecule has 5 heteroatoms. The van der Waals surface area contributed by atoms with E-state index in [0.29, 0.717) is 41.4 Å². The number of aliphatic hydroxyl groups excluding tert-OH is 2. The Bertz CT molecular complexity index is 700. The molecule has 11 atom stereocenters. The van der Waals surface area contributed by atoms with Crippen LogP contribution in [0.5, 0.6) is 0 Å². The Morgan fingerprint density at radius 3 is 2.38 bits per heavy atom. The second-order valence-electron chi connectivity index (χ2n) is 12.6. The zero-order chi connectivity index (χ0) is 23.4. The molecule has 0 heterocycles. The molecule has 0 aromatic rings. The Morgan fingerprint density at radius 1 is 1.06 bits per heavy atom. The van der Waals surface area contributed by atoms with E-state index in [1.54, 1.807) is 11.9 Å². The minimum absolute atomic E-state index is 0.185. The van der Waals surface area contributed by atoms with Crippen molar-refractivity contribution in [2.75, 3.05) is 13.6 Å². The number of hydrogen-bond donors (Lipinski definition) is 3. The Kier molecular flexibility index (Phi) is 6.66. The molecule has 0 aliphatic heterocycles. The first-order chi connectivity index (χ1) is 15.0. The van der Waals surface area contributed by atoms with Crippen LogP contribution >= 0.6 is 0 Å². The highest BCUT2D eigenvalue weighted by Crippen LogP contribution is 2.69. The Morgan fingerprint density at radius 2 is 1.72 bits per heavy atom. The van der Waals surface area contributed by atoms with E-state index in [-0.39, 0.29) is 29.1 Å². The van der Waals surface area contributed by atoms with Crippen LogP contribution < -0.4 is 5.73 Å². The Balaban J connectivity index is 1.56. The van der Waals surface area contributed by atoms with Crippen LogP contribution in [-0.2, 0) is 0 Å². The second-order valence-corrected chi connectivity index (χ2v) is 12.6. The van der Waals surface area contributed by atoms with Gasteiger partial charge in [-0.1, -0.05) is 34.1 Å². The van der Waals surface area contributed by atoms with Crippen LogP contribution in [0.15, 0.2) is 0 Å². The summed E-state index contributed by atoms with van der Waals surface area (Å²) in [5.41, 5.74) is 5.98. The summed E-state index contributed by atoms with van der Waals surface area (Å²) in [4.78, 5) is 13.1. The van der Waals surface area contributed by atoms with Gasteiger partial charge in [0.25, 0.3) is 0 Å². The Hall–Kier alpha value is -0.810. The molecule has 0 bridgehead atoms. The zero-order valence-electron chi connectivity index (χ0n) is 21.1. The van der Waals surface area contributed by atoms with Crippen LogP contribution in [0.25, 0.3) is 0 Å². The molecular weight excluding hydrogens is 400 g/mol. The van der Waals surface area contributed by atoms with Gasteiger partial charge < -0.3 is 20.8 Å². The van der Waals surface area contributed by atoms with Crippen LogP contribution in [0, 0.1) is 52.3 Å². The molecule has 5 nitrogen and oxygen atoms in total. The quantitative estimate of drug-likeness (QED) is 0.572. The van der Waals surface area contributed by atoms with E-state index >= 15 is 0 Å². The van der Waals surface area contributed by atoms with Gasteiger partial charge in [-0.15, -0.1) is 0 Å². The lowest BCUT2D eigenvalue weighted by Crippen LogP contribution is -2.62. The summed E-state index contributed by atoms with van der Waals surface area (Å²) in [6.07, 6.45) is 9.48. The summed E-state index contributed by atoms with van der Waals surface area (Å²) in [7, 11) is 1.79. The third-order valence-electron chi connectivity index (χ3n) is 11.4. The van der Waals surface area contributed by atoms with Gasteiger partial charge in [0.2, 0.25) is 0 Å². The van der Waals surface area contributed by atoms with E-state index in [1.165, 1.54) is 25.7 Å². The molecule has 4 fully saturated rings. The number of hydrogen-bond acceptors (Lipinski definition) is 3. The number of aliphatic hydroxyl groups is 2. The van der Waals surface area contributed by atoms with Gasteiger partial charge in [-0.3, -0.25) is 0 Å². The van der Waals surface area contributed by atoms with Crippen LogP contribution in [0.1, 0.15) is 85.5 Å². The number of urea groups is 1. The van der Waals surface area contributed by atoms with E-state index in [0.717, 1.165) is 38.6 Å². The van der Waals surface area contributed by atoms with Crippen LogP contribution in [0.4, 0.5) is 4.79 Å². The number of nitrogens with zero attached hydrogens (tertiary/aromatic N) is 1. The number of primary amides is 1. The third kappa shape index (κ3) is 3.70. The van der Waals surface area contributed by atoms with Crippen LogP contribution in [-0.4, -0.2) is 46.9 Å². The summed E-state index contributed by atoms with van der Waals surface area (Å²) in [6, 6.07) is -0.343. The largest absolute Gasteiger partial charge is 0.393 e. The fourth-order valence-electron chi connectivity index (χ4n) is 9.64. The maximum absolute atomic E-state index is 11.8. The first kappa shape index (κ1) is 24.3. The van der Waals surface area contributed by atoms with Crippen molar-refractivity contribution in [2.24, 2.45) is 58.0 Å². The van der Waals surface area contributed by atoms with E-state index in [1.807, 2.05) is 0 Å². The van der Waals surface area contributed by atoms with Gasteiger partial charge in [0.1, 0.15) is 0 Å². The zero-order valence-corrected chi connectivity index (χ0v) is 21.1. The normalized spacial score (nSPS) is 49.0. The highest BCUT2D eigenvalue weighted by molar-refractivity contribution is 5.71. The lowest BCUT2D eigenvalue weighted by atomic mass is 9.41. The first-order valence-corrected chi connectivity index (χ1v) is 13.4. The lowest BCUT2D eigenvalue weighted by Gasteiger charge is -2.64. The van der Waals surface area contributed by atoms with E-state index < -0.39 is 0 Å². The molecule has 184 valence electrons. The number of fused-ring (bicyclic) bond motifs is 5. The van der Waals surface area contributed by atoms with Gasteiger partial charge in [-0.25, -0.2) is 4.79 Å². The maximum Gasteiger partial charge on any atom is 0.314 e. The van der Waals surface area contributed by atoms with Crippen molar-refractivity contribution >= 4 is 6.03 Å². The van der Waals surface area contributed by atoms with Gasteiger partial charge in [0.15, 0.2) is 0 Å². The molecule has 4 rings (SSSR count). The van der Waals surface area contributed by atoms with Crippen LogP contribution in [0.3, 0.4) is 0 Å². The highest BCUT2D eigenvalue weighted by Gasteiger charge is 2.64. The molecule has 4 unspecified atom stereocenters. The molecule has 0 saturated heterocycles. The van der Waals surface area contributed by atoms with Gasteiger partial charge in [-0.2, -0.15) is 0 Å². The van der Waals surface area contributed by atoms with Crippen molar-refractivity contribution < 1.29 is 15.0 Å². The standard InChI is InChI=1S/C27H48N2O3/c1-6-18-22-15-17(30)9-12-27(22,4)21-10-13-26(3)19(7-8-20(26)23(21)24(18)31)16(2)11-14-29(5)25(28)32/h16-24,30-31H,6-15H2,1-5H3,(H2,28,32)/t16-,17-,18-,19-,20+,21+,22?,23?,24-,26?,27?/m1/s1. The molecule has 32 heavy (non-hydrogen) atoms. The van der Waals surface area contributed by atoms with E-state index in [4.69, 9.17) is 5.73 Å². The smallest absolute Gasteiger partial charge is 0.314 e. The third-order valence-corrected chi connectivity index (χ3v) is 11.4. The van der Waals surface area contributed by atoms with Gasteiger partial charge in [0.05, 0.1) is 12.2 Å². The first-order valence-electron chi connectivity index (χ1n) is 13.4. The number of carbonyl (C=O) groups excluding carboxylic acids is 1. The summed E-state index contributed by atoms with van der Waals surface area (Å²) in [5, 5.41) is 22.2. The minimum atomic E-state index is -0.343. The van der Waals surface area contributed by atoms with Crippen molar-refractivity contribution in [3.05, 3.63) is 0 Å². The summed E-state index contributed by atoms with van der Waals surface area (Å²) < 4.78 is 0. The average Bonchev–Trinajstić information content (AvgIpc) is 3.10. The molecule has 4 N–H and O–H groups in total. The van der Waals surface area contributed by atoms with E-state index in [9.17, 15) is 15.0 Å². The molecule has 4 aliphatic rings. The number of rotatable bonds is 5. The second kappa shape index (κ2) is 8.76. The highest BCUT2D eigenvalue weighted by atomic mass is 16.3.